The number of aromatic carboxylic acids is 1. The minimum atomic E-state index is -1.10. The minimum Gasteiger partial charge on any atom is -0.475 e. The van der Waals surface area contributed by atoms with Gasteiger partial charge >= 0.3 is 10.7 Å². The van der Waals surface area contributed by atoms with E-state index in [0.29, 0.717) is 11.6 Å². The van der Waals surface area contributed by atoms with Crippen LogP contribution in [0.5, 0.6) is 0 Å². The van der Waals surface area contributed by atoms with Crippen LogP contribution in [-0.2, 0) is 0 Å². The molecule has 0 fully saturated rings. The Balaban J connectivity index is 0. The molecular formula is C20H24Cl3N13O4. The Bertz CT molecular complexity index is 1230. The number of carbonyl (C=O) groups is 3. The molecule has 0 bridgehead atoms. The fourth-order valence-corrected chi connectivity index (χ4v) is 1.70. The number of carbonyl (C=O) groups excluding carboxylic acids is 2. The van der Waals surface area contributed by atoms with Crippen molar-refractivity contribution >= 4 is 62.5 Å². The van der Waals surface area contributed by atoms with Gasteiger partial charge in [-0.1, -0.05) is 7.43 Å². The van der Waals surface area contributed by atoms with Gasteiger partial charge in [-0.05, 0) is 53.0 Å². The van der Waals surface area contributed by atoms with Crippen LogP contribution >= 0.6 is 34.8 Å². The van der Waals surface area contributed by atoms with Crippen LogP contribution in [0.4, 0.5) is 10.7 Å². The van der Waals surface area contributed by atoms with Crippen molar-refractivity contribution in [3.63, 3.8) is 0 Å². The molecule has 0 radical (unpaired) electrons. The van der Waals surface area contributed by atoms with Gasteiger partial charge < -0.3 is 22.3 Å². The van der Waals surface area contributed by atoms with E-state index in [1.807, 2.05) is 0 Å². The van der Waals surface area contributed by atoms with E-state index >= 15 is 0 Å². The molecular weight excluding hydrogens is 593 g/mol. The number of amidine groups is 1. The molecule has 17 nitrogen and oxygen atoms in total. The number of nitrogens with two attached hydrogens (primary N) is 3. The van der Waals surface area contributed by atoms with E-state index in [1.165, 1.54) is 24.8 Å². The van der Waals surface area contributed by atoms with Gasteiger partial charge in [-0.2, -0.15) is 4.98 Å². The van der Waals surface area contributed by atoms with Crippen LogP contribution in [0.15, 0.2) is 55.4 Å². The fourth-order valence-electron chi connectivity index (χ4n) is 1.61. The van der Waals surface area contributed by atoms with Crippen molar-refractivity contribution in [1.29, 1.82) is 5.41 Å². The van der Waals surface area contributed by atoms with Crippen molar-refractivity contribution < 1.29 is 19.5 Å². The molecule has 0 unspecified atom stereocenters. The Morgan fingerprint density at radius 3 is 1.48 bits per heavy atom. The topological polar surface area (TPSA) is 292 Å². The zero-order valence-corrected chi connectivity index (χ0v) is 21.8. The van der Waals surface area contributed by atoms with E-state index in [1.54, 1.807) is 30.6 Å². The normalized spacial score (nSPS) is 8.60. The highest BCUT2D eigenvalue weighted by molar-refractivity contribution is 6.93. The molecule has 4 aromatic rings. The van der Waals surface area contributed by atoms with Crippen molar-refractivity contribution in [2.24, 2.45) is 11.5 Å². The first-order valence-electron chi connectivity index (χ1n) is 9.78. The van der Waals surface area contributed by atoms with Crippen LogP contribution in [0.25, 0.3) is 11.6 Å². The maximum absolute atomic E-state index is 10.3. The first-order valence-corrected chi connectivity index (χ1v) is 10.9. The van der Waals surface area contributed by atoms with Gasteiger partial charge in [0.1, 0.15) is 5.84 Å². The number of hydrogen-bond acceptors (Lipinski definition) is 14. The molecule has 0 aliphatic heterocycles. The molecule has 40 heavy (non-hydrogen) atoms. The third-order valence-electron chi connectivity index (χ3n) is 3.00. The molecule has 20 heteroatoms. The number of aromatic nitrogens is 9. The van der Waals surface area contributed by atoms with E-state index in [-0.39, 0.29) is 37.4 Å². The lowest BCUT2D eigenvalue weighted by Crippen LogP contribution is -2.20. The minimum absolute atomic E-state index is 0. The summed E-state index contributed by atoms with van der Waals surface area (Å²) in [6.45, 7) is 0.167. The van der Waals surface area contributed by atoms with Gasteiger partial charge in [0.05, 0.1) is 6.54 Å². The zero-order valence-electron chi connectivity index (χ0n) is 19.5. The SMILES string of the molecule is C.N=C(N)CN.Nc1n[nH]c(-c2ncccn2)n1.O=C(Cl)Cl.O=C(Cl)c1ncccn1.O=C(O)c1ncccn1. The molecule has 0 atom stereocenters. The van der Waals surface area contributed by atoms with Gasteiger partial charge in [0.15, 0.2) is 11.6 Å². The molecule has 4 heterocycles. The number of H-pyrrole nitrogens is 1. The molecule has 0 aliphatic carbocycles. The lowest BCUT2D eigenvalue weighted by atomic mass is 10.5. The summed E-state index contributed by atoms with van der Waals surface area (Å²) in [6, 6.07) is 4.90. The number of halogens is 3. The number of carboxylic acid groups (broad SMARTS) is 1. The first kappa shape index (κ1) is 37.4. The summed E-state index contributed by atoms with van der Waals surface area (Å²) in [7, 11) is 0. The summed E-state index contributed by atoms with van der Waals surface area (Å²) >= 11 is 13.8. The van der Waals surface area contributed by atoms with Crippen LogP contribution in [0.1, 0.15) is 28.7 Å². The molecule has 0 aliphatic rings. The van der Waals surface area contributed by atoms with Crippen LogP contribution in [0.2, 0.25) is 0 Å². The third-order valence-corrected chi connectivity index (χ3v) is 3.17. The Labute approximate surface area is 242 Å². The summed E-state index contributed by atoms with van der Waals surface area (Å²) < 4.78 is -0.889. The lowest BCUT2D eigenvalue weighted by molar-refractivity contribution is 0.0683. The average Bonchev–Trinajstić information content (AvgIpc) is 3.37. The van der Waals surface area contributed by atoms with E-state index in [9.17, 15) is 9.59 Å². The summed E-state index contributed by atoms with van der Waals surface area (Å²) in [5.74, 6) is -0.0375. The van der Waals surface area contributed by atoms with Gasteiger partial charge in [-0.3, -0.25) is 20.1 Å². The Morgan fingerprint density at radius 2 is 1.23 bits per heavy atom. The van der Waals surface area contributed by atoms with E-state index in [0.717, 1.165) is 0 Å². The molecule has 0 spiro atoms. The van der Waals surface area contributed by atoms with Crippen LogP contribution in [0, 0.1) is 5.41 Å². The van der Waals surface area contributed by atoms with Crippen molar-refractivity contribution in [2.75, 3.05) is 12.3 Å². The van der Waals surface area contributed by atoms with Gasteiger partial charge in [0, 0.05) is 37.2 Å². The summed E-state index contributed by atoms with van der Waals surface area (Å²) in [6.07, 6.45) is 8.94. The lowest BCUT2D eigenvalue weighted by Gasteiger charge is -1.89. The number of nitrogen functional groups attached to an aromatic ring is 1. The average molecular weight is 617 g/mol. The largest absolute Gasteiger partial charge is 0.475 e. The number of aromatic amines is 1. The highest BCUT2D eigenvalue weighted by Crippen LogP contribution is 2.06. The molecule has 4 aromatic heterocycles. The quantitative estimate of drug-likeness (QED) is 0.108. The van der Waals surface area contributed by atoms with Gasteiger partial charge in [-0.15, -0.1) is 5.10 Å². The van der Waals surface area contributed by atoms with E-state index in [4.69, 9.17) is 44.1 Å². The first-order chi connectivity index (χ1) is 18.5. The maximum atomic E-state index is 10.3. The third kappa shape index (κ3) is 19.4. The maximum Gasteiger partial charge on any atom is 0.373 e. The van der Waals surface area contributed by atoms with Gasteiger partial charge in [0.2, 0.25) is 17.6 Å². The molecule has 214 valence electrons. The van der Waals surface area contributed by atoms with Crippen LogP contribution in [-0.4, -0.2) is 78.5 Å². The molecule has 0 saturated carbocycles. The Kier molecular flexibility index (Phi) is 20.9. The molecule has 9 N–H and O–H groups in total. The summed E-state index contributed by atoms with van der Waals surface area (Å²) in [5.41, 5.74) is 14.9. The molecule has 0 aromatic carbocycles. The predicted octanol–water partition coefficient (Wildman–Crippen LogP) is 1.98. The number of rotatable bonds is 4. The number of nitrogens with zero attached hydrogens (tertiary/aromatic N) is 8. The second-order valence-electron chi connectivity index (χ2n) is 5.79. The predicted molar refractivity (Wildman–Crippen MR) is 148 cm³/mol. The Morgan fingerprint density at radius 1 is 0.850 bits per heavy atom. The van der Waals surface area contributed by atoms with E-state index < -0.39 is 15.9 Å². The van der Waals surface area contributed by atoms with E-state index in [2.05, 4.69) is 68.3 Å². The van der Waals surface area contributed by atoms with Crippen molar-refractivity contribution in [2.45, 2.75) is 7.43 Å². The summed E-state index contributed by atoms with van der Waals surface area (Å²) in [5, 5.41) is 20.3. The monoisotopic (exact) mass is 615 g/mol. The highest BCUT2D eigenvalue weighted by Gasteiger charge is 2.04. The number of carboxylic acids is 1. The summed E-state index contributed by atoms with van der Waals surface area (Å²) in [4.78, 5) is 55.2. The van der Waals surface area contributed by atoms with Crippen molar-refractivity contribution in [1.82, 2.24) is 45.1 Å². The number of anilines is 1. The smallest absolute Gasteiger partial charge is 0.373 e. The fraction of sp³-hybridized carbons (Fsp3) is 0.100. The Hall–Kier alpha value is -4.71. The number of hydrogen-bond donors (Lipinski definition) is 6. The van der Waals surface area contributed by atoms with Crippen molar-refractivity contribution in [3.05, 3.63) is 67.0 Å². The van der Waals surface area contributed by atoms with Gasteiger partial charge in [-0.25, -0.2) is 34.7 Å². The van der Waals surface area contributed by atoms with Crippen LogP contribution < -0.4 is 17.2 Å². The van der Waals surface area contributed by atoms with Crippen molar-refractivity contribution in [3.8, 4) is 11.6 Å². The molecule has 0 saturated heterocycles. The second kappa shape index (κ2) is 22.3. The van der Waals surface area contributed by atoms with Crippen LogP contribution in [0.3, 0.4) is 0 Å². The number of nitrogens with one attached hydrogen (secondary N) is 2. The highest BCUT2D eigenvalue weighted by atomic mass is 35.5. The van der Waals surface area contributed by atoms with Gasteiger partial charge in [0.25, 0.3) is 5.24 Å². The molecule has 4 rings (SSSR count). The second-order valence-corrected chi connectivity index (χ2v) is 7.02. The zero-order chi connectivity index (χ0) is 29.6. The standard InChI is InChI=1S/C6H6N6.C5H3ClN2O.C5H4N2O2.C2H7N3.CCl2O.CH4/c7-6-10-5(11-12-6)4-8-2-1-3-9-4;6-4(9)5-7-2-1-3-8-5;8-5(9)4-6-2-1-3-7-4;3-1-2(4)5;2-1(3)4;/h1-3H,(H3,7,10,11,12);1-3H;1-3H,(H,8,9);1,3H2,(H3,4,5);;1H4. The molecule has 0 amide bonds.